The van der Waals surface area contributed by atoms with Crippen LogP contribution < -0.4 is 10.1 Å². The maximum atomic E-state index is 6.06. The molecule has 0 unspecified atom stereocenters. The molecule has 0 amide bonds. The molecule has 0 saturated heterocycles. The van der Waals surface area contributed by atoms with E-state index < -0.39 is 0 Å². The molecule has 0 spiro atoms. The van der Waals surface area contributed by atoms with Gasteiger partial charge in [-0.15, -0.1) is 0 Å². The van der Waals surface area contributed by atoms with Gasteiger partial charge in [-0.25, -0.2) is 0 Å². The number of rotatable bonds is 9. The molecule has 1 aromatic rings. The molecule has 0 atom stereocenters. The molecular weight excluding hydrogens is 262 g/mol. The van der Waals surface area contributed by atoms with Crippen molar-refractivity contribution in [1.29, 1.82) is 0 Å². The second-order valence-corrected chi connectivity index (χ2v) is 6.50. The normalized spacial score (nSPS) is 11.7. The summed E-state index contributed by atoms with van der Waals surface area (Å²) in [6.45, 7) is 12.4. The van der Waals surface area contributed by atoms with Gasteiger partial charge in [-0.2, -0.15) is 0 Å². The molecule has 0 fully saturated rings. The van der Waals surface area contributed by atoms with E-state index in [0.717, 1.165) is 44.9 Å². The van der Waals surface area contributed by atoms with Crippen LogP contribution in [0.25, 0.3) is 0 Å². The first-order chi connectivity index (χ1) is 9.96. The van der Waals surface area contributed by atoms with Crippen molar-refractivity contribution in [2.75, 3.05) is 33.4 Å². The van der Waals surface area contributed by atoms with Crippen molar-refractivity contribution in [1.82, 2.24) is 5.32 Å². The van der Waals surface area contributed by atoms with Gasteiger partial charge in [-0.3, -0.25) is 0 Å². The summed E-state index contributed by atoms with van der Waals surface area (Å²) in [6, 6.07) is 6.40. The lowest BCUT2D eigenvalue weighted by Gasteiger charge is -2.24. The lowest BCUT2D eigenvalue weighted by Crippen LogP contribution is -2.20. The minimum absolute atomic E-state index is 0.111. The number of ether oxygens (including phenoxy) is 2. The summed E-state index contributed by atoms with van der Waals surface area (Å²) in [5, 5.41) is 3.41. The maximum Gasteiger partial charge on any atom is 0.125 e. The number of methoxy groups -OCH3 is 1. The minimum atomic E-state index is 0.111. The number of nitrogens with one attached hydrogen (secondary N) is 1. The second kappa shape index (κ2) is 9.06. The Morgan fingerprint density at radius 3 is 2.33 bits per heavy atom. The number of hydrogen-bond donors (Lipinski definition) is 1. The molecule has 0 aromatic heterocycles. The average Bonchev–Trinajstić information content (AvgIpc) is 2.42. The summed E-state index contributed by atoms with van der Waals surface area (Å²) in [5.41, 5.74) is 2.62. The van der Waals surface area contributed by atoms with Crippen LogP contribution >= 0.6 is 0 Å². The Morgan fingerprint density at radius 2 is 1.71 bits per heavy atom. The predicted molar refractivity (Wildman–Crippen MR) is 89.4 cm³/mol. The van der Waals surface area contributed by atoms with Crippen LogP contribution in [0.1, 0.15) is 44.7 Å². The van der Waals surface area contributed by atoms with Crippen molar-refractivity contribution >= 4 is 0 Å². The minimum Gasteiger partial charge on any atom is -0.493 e. The Labute approximate surface area is 130 Å². The SMILES string of the molecule is COCCCNCCCOc1c(C)cccc1C(C)(C)C. The molecule has 0 radical (unpaired) electrons. The zero-order valence-corrected chi connectivity index (χ0v) is 14.3. The topological polar surface area (TPSA) is 30.5 Å². The average molecular weight is 293 g/mol. The molecule has 0 aliphatic rings. The Morgan fingerprint density at radius 1 is 1.05 bits per heavy atom. The van der Waals surface area contributed by atoms with Crippen LogP contribution in [0.3, 0.4) is 0 Å². The van der Waals surface area contributed by atoms with Crippen LogP contribution in [0.4, 0.5) is 0 Å². The Balaban J connectivity index is 2.38. The van der Waals surface area contributed by atoms with Crippen LogP contribution in [-0.2, 0) is 10.2 Å². The molecule has 3 heteroatoms. The van der Waals surface area contributed by atoms with Gasteiger partial charge in [0.2, 0.25) is 0 Å². The monoisotopic (exact) mass is 293 g/mol. The highest BCUT2D eigenvalue weighted by molar-refractivity contribution is 5.44. The lowest BCUT2D eigenvalue weighted by molar-refractivity contribution is 0.194. The van der Waals surface area contributed by atoms with E-state index in [1.165, 1.54) is 11.1 Å². The standard InChI is InChI=1S/C18H31NO2/c1-15-9-6-10-16(18(2,3)4)17(15)21-14-8-12-19-11-7-13-20-5/h6,9-10,19H,7-8,11-14H2,1-5H3. The smallest absolute Gasteiger partial charge is 0.125 e. The van der Waals surface area contributed by atoms with E-state index >= 15 is 0 Å². The molecule has 0 bridgehead atoms. The fourth-order valence-electron chi connectivity index (χ4n) is 2.27. The van der Waals surface area contributed by atoms with Gasteiger partial charge in [0.1, 0.15) is 5.75 Å². The number of aryl methyl sites for hydroxylation is 1. The summed E-state index contributed by atoms with van der Waals surface area (Å²) in [7, 11) is 1.74. The fraction of sp³-hybridized carbons (Fsp3) is 0.667. The summed E-state index contributed by atoms with van der Waals surface area (Å²) < 4.78 is 11.1. The zero-order chi connectivity index (χ0) is 15.7. The van der Waals surface area contributed by atoms with Crippen molar-refractivity contribution < 1.29 is 9.47 Å². The molecule has 0 aliphatic carbocycles. The van der Waals surface area contributed by atoms with E-state index in [2.05, 4.69) is 51.2 Å². The highest BCUT2D eigenvalue weighted by Gasteiger charge is 2.19. The number of hydrogen-bond acceptors (Lipinski definition) is 3. The Hall–Kier alpha value is -1.06. The van der Waals surface area contributed by atoms with Gasteiger partial charge in [-0.05, 0) is 49.4 Å². The highest BCUT2D eigenvalue weighted by Crippen LogP contribution is 2.33. The summed E-state index contributed by atoms with van der Waals surface area (Å²) >= 11 is 0. The predicted octanol–water partition coefficient (Wildman–Crippen LogP) is 3.69. The summed E-state index contributed by atoms with van der Waals surface area (Å²) in [6.07, 6.45) is 2.08. The largest absolute Gasteiger partial charge is 0.493 e. The third-order valence-corrected chi connectivity index (χ3v) is 3.47. The first kappa shape index (κ1) is 18.0. The van der Waals surface area contributed by atoms with Crippen molar-refractivity contribution in [3.8, 4) is 5.75 Å². The molecule has 0 aliphatic heterocycles. The van der Waals surface area contributed by atoms with Crippen molar-refractivity contribution in [2.24, 2.45) is 0 Å². The van der Waals surface area contributed by atoms with Crippen molar-refractivity contribution in [3.05, 3.63) is 29.3 Å². The maximum absolute atomic E-state index is 6.06. The van der Waals surface area contributed by atoms with Crippen molar-refractivity contribution in [2.45, 2.75) is 46.0 Å². The van der Waals surface area contributed by atoms with Gasteiger partial charge < -0.3 is 14.8 Å². The van der Waals surface area contributed by atoms with E-state index in [9.17, 15) is 0 Å². The first-order valence-corrected chi connectivity index (χ1v) is 7.89. The van der Waals surface area contributed by atoms with Crippen LogP contribution in [0.5, 0.6) is 5.75 Å². The molecule has 0 heterocycles. The van der Waals surface area contributed by atoms with Gasteiger partial charge in [-0.1, -0.05) is 39.0 Å². The van der Waals surface area contributed by atoms with E-state index in [1.807, 2.05) is 0 Å². The van der Waals surface area contributed by atoms with E-state index in [1.54, 1.807) is 7.11 Å². The summed E-state index contributed by atoms with van der Waals surface area (Å²) in [5.74, 6) is 1.06. The third-order valence-electron chi connectivity index (χ3n) is 3.47. The molecule has 3 nitrogen and oxygen atoms in total. The zero-order valence-electron chi connectivity index (χ0n) is 14.3. The van der Waals surface area contributed by atoms with Crippen LogP contribution in [0.15, 0.2) is 18.2 Å². The second-order valence-electron chi connectivity index (χ2n) is 6.50. The third kappa shape index (κ3) is 6.49. The number of benzene rings is 1. The molecule has 0 saturated carbocycles. The van der Waals surface area contributed by atoms with Crippen LogP contribution in [0, 0.1) is 6.92 Å². The van der Waals surface area contributed by atoms with Gasteiger partial charge in [0.25, 0.3) is 0 Å². The molecule has 21 heavy (non-hydrogen) atoms. The summed E-state index contributed by atoms with van der Waals surface area (Å²) in [4.78, 5) is 0. The highest BCUT2D eigenvalue weighted by atomic mass is 16.5. The van der Waals surface area contributed by atoms with Gasteiger partial charge in [0.15, 0.2) is 0 Å². The van der Waals surface area contributed by atoms with Crippen LogP contribution in [-0.4, -0.2) is 33.4 Å². The molecule has 120 valence electrons. The Kier molecular flexibility index (Phi) is 7.76. The molecular formula is C18H31NO2. The number of para-hydroxylation sites is 1. The first-order valence-electron chi connectivity index (χ1n) is 7.89. The molecule has 1 aromatic carbocycles. The lowest BCUT2D eigenvalue weighted by atomic mass is 9.85. The van der Waals surface area contributed by atoms with Gasteiger partial charge >= 0.3 is 0 Å². The van der Waals surface area contributed by atoms with Gasteiger partial charge in [0.05, 0.1) is 6.61 Å². The molecule has 1 rings (SSSR count). The quantitative estimate of drug-likeness (QED) is 0.704. The molecule has 1 N–H and O–H groups in total. The van der Waals surface area contributed by atoms with E-state index in [-0.39, 0.29) is 5.41 Å². The van der Waals surface area contributed by atoms with E-state index in [0.29, 0.717) is 0 Å². The van der Waals surface area contributed by atoms with Crippen LogP contribution in [0.2, 0.25) is 0 Å². The Bertz CT molecular complexity index is 410. The fourth-order valence-corrected chi connectivity index (χ4v) is 2.27. The van der Waals surface area contributed by atoms with E-state index in [4.69, 9.17) is 9.47 Å². The van der Waals surface area contributed by atoms with Gasteiger partial charge in [0, 0.05) is 13.7 Å². The van der Waals surface area contributed by atoms with Crippen molar-refractivity contribution in [3.63, 3.8) is 0 Å².